The van der Waals surface area contributed by atoms with Crippen LogP contribution in [0.4, 0.5) is 5.82 Å². The molecule has 1 heterocycles. The third kappa shape index (κ3) is 3.83. The van der Waals surface area contributed by atoms with Crippen LogP contribution in [0.5, 0.6) is 0 Å². The lowest BCUT2D eigenvalue weighted by Gasteiger charge is -2.26. The average Bonchev–Trinajstić information content (AvgIpc) is 2.81. The highest BCUT2D eigenvalue weighted by atomic mass is 35.5. The standard InChI is InChI=1S/C14H22ClN4P/c1-8(2)17-9(3)10-5-4-6-11(10)18-13-12(20)7-16-14(15)19-13/h7-8,10-11,17H,3-6,20H2,1-2H3,(H,16,18,19). The van der Waals surface area contributed by atoms with Gasteiger partial charge < -0.3 is 10.6 Å². The van der Waals surface area contributed by atoms with Crippen LogP contribution >= 0.6 is 20.8 Å². The van der Waals surface area contributed by atoms with Gasteiger partial charge in [0.05, 0.1) is 0 Å². The van der Waals surface area contributed by atoms with E-state index in [0.29, 0.717) is 18.0 Å². The summed E-state index contributed by atoms with van der Waals surface area (Å²) in [7, 11) is 2.64. The lowest BCUT2D eigenvalue weighted by molar-refractivity contribution is 0.512. The summed E-state index contributed by atoms with van der Waals surface area (Å²) in [6.07, 6.45) is 5.19. The van der Waals surface area contributed by atoms with Gasteiger partial charge in [-0.1, -0.05) is 22.2 Å². The fourth-order valence-electron chi connectivity index (χ4n) is 2.69. The monoisotopic (exact) mass is 312 g/mol. The second kappa shape index (κ2) is 6.73. The summed E-state index contributed by atoms with van der Waals surface area (Å²) in [5, 5.41) is 8.13. The predicted octanol–water partition coefficient (Wildman–Crippen LogP) is 2.72. The molecule has 1 aliphatic carbocycles. The molecule has 2 N–H and O–H groups in total. The van der Waals surface area contributed by atoms with E-state index in [1.807, 2.05) is 0 Å². The molecule has 0 aliphatic heterocycles. The Morgan fingerprint density at radius 2 is 2.25 bits per heavy atom. The van der Waals surface area contributed by atoms with Crippen molar-refractivity contribution in [2.45, 2.75) is 45.2 Å². The van der Waals surface area contributed by atoms with Crippen LogP contribution in [0.15, 0.2) is 18.5 Å². The van der Waals surface area contributed by atoms with Crippen LogP contribution in [0.25, 0.3) is 0 Å². The van der Waals surface area contributed by atoms with E-state index in [4.69, 9.17) is 11.6 Å². The number of aromatic nitrogens is 2. The second-order valence-electron chi connectivity index (χ2n) is 5.56. The summed E-state index contributed by atoms with van der Waals surface area (Å²) in [6.45, 7) is 8.46. The lowest BCUT2D eigenvalue weighted by Crippen LogP contribution is -2.34. The maximum absolute atomic E-state index is 5.87. The minimum Gasteiger partial charge on any atom is -0.386 e. The number of anilines is 1. The zero-order chi connectivity index (χ0) is 14.7. The van der Waals surface area contributed by atoms with Gasteiger partial charge in [0.2, 0.25) is 5.28 Å². The van der Waals surface area contributed by atoms with E-state index in [1.165, 1.54) is 6.42 Å². The first-order valence-corrected chi connectivity index (χ1v) is 7.92. The van der Waals surface area contributed by atoms with Gasteiger partial charge in [-0.2, -0.15) is 0 Å². The number of rotatable bonds is 5. The minimum absolute atomic E-state index is 0.271. The summed E-state index contributed by atoms with van der Waals surface area (Å²) in [5.41, 5.74) is 1.11. The number of nitrogens with zero attached hydrogens (tertiary/aromatic N) is 2. The Bertz CT molecular complexity index is 492. The molecule has 3 atom stereocenters. The van der Waals surface area contributed by atoms with E-state index < -0.39 is 0 Å². The predicted molar refractivity (Wildman–Crippen MR) is 88.5 cm³/mol. The first-order chi connectivity index (χ1) is 9.47. The zero-order valence-electron chi connectivity index (χ0n) is 12.0. The molecule has 1 saturated carbocycles. The van der Waals surface area contributed by atoms with E-state index in [1.54, 1.807) is 6.20 Å². The molecular weight excluding hydrogens is 291 g/mol. The van der Waals surface area contributed by atoms with E-state index in [0.717, 1.165) is 29.7 Å². The van der Waals surface area contributed by atoms with Gasteiger partial charge in [0.15, 0.2) is 0 Å². The van der Waals surface area contributed by atoms with Crippen molar-refractivity contribution >= 4 is 32.0 Å². The van der Waals surface area contributed by atoms with Gasteiger partial charge in [0, 0.05) is 35.2 Å². The highest BCUT2D eigenvalue weighted by molar-refractivity contribution is 7.28. The summed E-state index contributed by atoms with van der Waals surface area (Å²) in [4.78, 5) is 8.23. The molecule has 1 aromatic rings. The molecule has 0 bridgehead atoms. The fraction of sp³-hybridized carbons (Fsp3) is 0.571. The van der Waals surface area contributed by atoms with Crippen molar-refractivity contribution in [3.05, 3.63) is 23.8 Å². The molecule has 1 aromatic heterocycles. The zero-order valence-corrected chi connectivity index (χ0v) is 13.9. The van der Waals surface area contributed by atoms with E-state index in [-0.39, 0.29) is 5.28 Å². The number of halogens is 1. The van der Waals surface area contributed by atoms with Gasteiger partial charge in [0.25, 0.3) is 0 Å². The average molecular weight is 313 g/mol. The van der Waals surface area contributed by atoms with Crippen molar-refractivity contribution in [2.75, 3.05) is 5.32 Å². The van der Waals surface area contributed by atoms with Gasteiger partial charge in [-0.25, -0.2) is 9.97 Å². The number of hydrogen-bond acceptors (Lipinski definition) is 4. The minimum atomic E-state index is 0.271. The normalized spacial score (nSPS) is 22.1. The van der Waals surface area contributed by atoms with Crippen LogP contribution in [0.3, 0.4) is 0 Å². The Morgan fingerprint density at radius 3 is 2.95 bits per heavy atom. The van der Waals surface area contributed by atoms with E-state index >= 15 is 0 Å². The molecule has 0 spiro atoms. The molecule has 1 fully saturated rings. The van der Waals surface area contributed by atoms with Crippen LogP contribution < -0.4 is 15.9 Å². The quantitative estimate of drug-likeness (QED) is 0.648. The van der Waals surface area contributed by atoms with Crippen molar-refractivity contribution < 1.29 is 0 Å². The first kappa shape index (κ1) is 15.5. The first-order valence-electron chi connectivity index (χ1n) is 6.97. The molecule has 0 aromatic carbocycles. The van der Waals surface area contributed by atoms with Crippen molar-refractivity contribution in [3.8, 4) is 0 Å². The molecule has 110 valence electrons. The summed E-state index contributed by atoms with van der Waals surface area (Å²) >= 11 is 5.87. The van der Waals surface area contributed by atoms with Gasteiger partial charge in [-0.15, -0.1) is 0 Å². The lowest BCUT2D eigenvalue weighted by atomic mass is 9.99. The molecular formula is C14H22ClN4P. The largest absolute Gasteiger partial charge is 0.386 e. The van der Waals surface area contributed by atoms with Crippen molar-refractivity contribution in [1.82, 2.24) is 15.3 Å². The topological polar surface area (TPSA) is 49.8 Å². The molecule has 4 nitrogen and oxygen atoms in total. The van der Waals surface area contributed by atoms with Crippen LogP contribution in [0.1, 0.15) is 33.1 Å². The van der Waals surface area contributed by atoms with Crippen LogP contribution in [0, 0.1) is 5.92 Å². The summed E-state index contributed by atoms with van der Waals surface area (Å²) in [5.74, 6) is 1.22. The molecule has 0 saturated heterocycles. The molecule has 0 amide bonds. The maximum atomic E-state index is 5.87. The highest BCUT2D eigenvalue weighted by Gasteiger charge is 2.30. The third-order valence-corrected chi connectivity index (χ3v) is 4.15. The highest BCUT2D eigenvalue weighted by Crippen LogP contribution is 2.32. The molecule has 20 heavy (non-hydrogen) atoms. The fourth-order valence-corrected chi connectivity index (χ4v) is 3.04. The van der Waals surface area contributed by atoms with Crippen molar-refractivity contribution in [2.24, 2.45) is 5.92 Å². The maximum Gasteiger partial charge on any atom is 0.224 e. The van der Waals surface area contributed by atoms with E-state index in [2.05, 4.69) is 50.3 Å². The van der Waals surface area contributed by atoms with Gasteiger partial charge in [-0.05, 0) is 38.3 Å². The van der Waals surface area contributed by atoms with Crippen LogP contribution in [-0.4, -0.2) is 22.1 Å². The summed E-state index contributed by atoms with van der Waals surface area (Å²) < 4.78 is 0. The Kier molecular flexibility index (Phi) is 5.22. The van der Waals surface area contributed by atoms with Crippen molar-refractivity contribution in [1.29, 1.82) is 0 Å². The van der Waals surface area contributed by atoms with Gasteiger partial charge >= 0.3 is 0 Å². The Balaban J connectivity index is 2.07. The third-order valence-electron chi connectivity index (χ3n) is 3.55. The van der Waals surface area contributed by atoms with E-state index in [9.17, 15) is 0 Å². The molecule has 0 radical (unpaired) electrons. The van der Waals surface area contributed by atoms with Gasteiger partial charge in [-0.3, -0.25) is 0 Å². The molecule has 3 unspecified atom stereocenters. The number of hydrogen-bond donors (Lipinski definition) is 2. The van der Waals surface area contributed by atoms with Crippen molar-refractivity contribution in [3.63, 3.8) is 0 Å². The Labute approximate surface area is 128 Å². The Hall–Kier alpha value is -0.860. The van der Waals surface area contributed by atoms with Crippen LogP contribution in [0.2, 0.25) is 5.28 Å². The molecule has 6 heteroatoms. The smallest absolute Gasteiger partial charge is 0.224 e. The second-order valence-corrected chi connectivity index (χ2v) is 6.52. The van der Waals surface area contributed by atoms with Gasteiger partial charge in [0.1, 0.15) is 5.82 Å². The van der Waals surface area contributed by atoms with Crippen LogP contribution in [-0.2, 0) is 0 Å². The number of nitrogens with one attached hydrogen (secondary N) is 2. The molecule has 1 aliphatic rings. The Morgan fingerprint density at radius 1 is 1.50 bits per heavy atom. The SMILES string of the molecule is C=C(NC(C)C)C1CCCC1Nc1nc(Cl)ncc1P. The molecule has 2 rings (SSSR count). The summed E-state index contributed by atoms with van der Waals surface area (Å²) in [6, 6.07) is 0.758.